The maximum absolute atomic E-state index is 12.9. The van der Waals surface area contributed by atoms with E-state index in [1.165, 1.54) is 10.4 Å². The van der Waals surface area contributed by atoms with Crippen molar-refractivity contribution in [1.82, 2.24) is 24.5 Å². The maximum Gasteiger partial charge on any atom is 0.226 e. The fourth-order valence-corrected chi connectivity index (χ4v) is 5.84. The Kier molecular flexibility index (Phi) is 5.71. The van der Waals surface area contributed by atoms with Crippen molar-refractivity contribution in [3.05, 3.63) is 46.3 Å². The molecule has 0 saturated carbocycles. The number of likely N-dealkylation sites (N-methyl/N-ethyl adjacent to an activating group) is 1. The van der Waals surface area contributed by atoms with Crippen LogP contribution < -0.4 is 5.32 Å². The number of aliphatic hydroxyl groups excluding tert-OH is 1. The number of hydrogen-bond acceptors (Lipinski definition) is 7. The minimum absolute atomic E-state index is 0.0152. The monoisotopic (exact) mass is 470 g/mol. The number of aliphatic hydroxyl groups is 1. The summed E-state index contributed by atoms with van der Waals surface area (Å²) in [5.41, 5.74) is 2.90. The fraction of sp³-hybridized carbons (Fsp3) is 0.364. The predicted molar refractivity (Wildman–Crippen MR) is 126 cm³/mol. The molecule has 2 N–H and O–H groups in total. The second-order valence-corrected chi connectivity index (χ2v) is 9.34. The van der Waals surface area contributed by atoms with E-state index >= 15 is 0 Å². The molecular weight excluding hydrogens is 448 g/mol. The largest absolute Gasteiger partial charge is 0.395 e. The number of nitrogens with one attached hydrogen (secondary N) is 1. The topological polar surface area (TPSA) is 95.6 Å². The van der Waals surface area contributed by atoms with E-state index < -0.39 is 0 Å². The molecule has 4 aromatic rings. The van der Waals surface area contributed by atoms with Crippen molar-refractivity contribution in [2.75, 3.05) is 25.0 Å². The summed E-state index contributed by atoms with van der Waals surface area (Å²) in [5.74, 6) is 0.777. The van der Waals surface area contributed by atoms with Gasteiger partial charge in [-0.2, -0.15) is 5.10 Å². The zero-order chi connectivity index (χ0) is 22.2. The van der Waals surface area contributed by atoms with Gasteiger partial charge in [-0.05, 0) is 43.9 Å². The second-order valence-electron chi connectivity index (χ2n) is 7.85. The van der Waals surface area contributed by atoms with Crippen molar-refractivity contribution in [3.63, 3.8) is 0 Å². The van der Waals surface area contributed by atoms with Crippen LogP contribution in [-0.2, 0) is 17.6 Å². The van der Waals surface area contributed by atoms with Crippen LogP contribution in [-0.4, -0.2) is 55.2 Å². The molecule has 0 aliphatic heterocycles. The van der Waals surface area contributed by atoms with Crippen LogP contribution in [0.5, 0.6) is 0 Å². The van der Waals surface area contributed by atoms with Gasteiger partial charge in [0.15, 0.2) is 0 Å². The van der Waals surface area contributed by atoms with Crippen molar-refractivity contribution >= 4 is 56.1 Å². The SMILES string of the molecule is CCN(CCO)C(=O)[C@H]1CCc2c(sc3ncnc(Nc4cc5ccnn5cc4Cl)c23)C1. The zero-order valence-corrected chi connectivity index (χ0v) is 19.2. The Balaban J connectivity index is 1.47. The van der Waals surface area contributed by atoms with Gasteiger partial charge in [0.05, 0.1) is 28.2 Å². The van der Waals surface area contributed by atoms with E-state index in [-0.39, 0.29) is 18.4 Å². The van der Waals surface area contributed by atoms with Crippen LogP contribution >= 0.6 is 22.9 Å². The van der Waals surface area contributed by atoms with Crippen molar-refractivity contribution in [2.45, 2.75) is 26.2 Å². The van der Waals surface area contributed by atoms with E-state index in [0.717, 1.165) is 40.1 Å². The van der Waals surface area contributed by atoms with Gasteiger partial charge in [-0.25, -0.2) is 14.5 Å². The Morgan fingerprint density at radius 3 is 3.12 bits per heavy atom. The average molecular weight is 471 g/mol. The van der Waals surface area contributed by atoms with Gasteiger partial charge >= 0.3 is 0 Å². The Bertz CT molecular complexity index is 1300. The number of pyridine rings is 1. The molecule has 1 aliphatic carbocycles. The van der Waals surface area contributed by atoms with E-state index in [1.54, 1.807) is 39.5 Å². The lowest BCUT2D eigenvalue weighted by Crippen LogP contribution is -2.39. The van der Waals surface area contributed by atoms with Crippen molar-refractivity contribution < 1.29 is 9.90 Å². The molecule has 4 aromatic heterocycles. The quantitative estimate of drug-likeness (QED) is 0.446. The summed E-state index contributed by atoms with van der Waals surface area (Å²) in [6.45, 7) is 2.92. The molecule has 0 unspecified atom stereocenters. The standard InChI is InChI=1S/C22H23ClN6O2S/c1-2-28(7-8-30)22(31)13-3-4-15-18(9-13)32-21-19(15)20(24-12-25-21)27-17-10-14-5-6-26-29(14)11-16(17)23/h5-6,10-13,30H,2-4,7-9H2,1H3,(H,24,25,27)/t13-/m0/s1. The number of hydrogen-bond donors (Lipinski definition) is 2. The molecule has 8 nitrogen and oxygen atoms in total. The number of halogens is 1. The third-order valence-electron chi connectivity index (χ3n) is 6.00. The lowest BCUT2D eigenvalue weighted by Gasteiger charge is -2.28. The first-order chi connectivity index (χ1) is 15.6. The molecule has 32 heavy (non-hydrogen) atoms. The smallest absolute Gasteiger partial charge is 0.226 e. The highest BCUT2D eigenvalue weighted by Gasteiger charge is 2.31. The number of nitrogens with zero attached hydrogens (tertiary/aromatic N) is 5. The highest BCUT2D eigenvalue weighted by Crippen LogP contribution is 2.41. The molecule has 4 heterocycles. The summed E-state index contributed by atoms with van der Waals surface area (Å²) in [5, 5.41) is 18.4. The van der Waals surface area contributed by atoms with E-state index in [4.69, 9.17) is 11.6 Å². The first-order valence-corrected chi connectivity index (χ1v) is 11.8. The molecule has 10 heteroatoms. The van der Waals surface area contributed by atoms with Crippen LogP contribution in [0.1, 0.15) is 23.8 Å². The Hall–Kier alpha value is -2.75. The van der Waals surface area contributed by atoms with E-state index in [9.17, 15) is 9.90 Å². The van der Waals surface area contributed by atoms with Gasteiger partial charge in [0.25, 0.3) is 0 Å². The molecule has 1 atom stereocenters. The van der Waals surface area contributed by atoms with Crippen LogP contribution in [0.15, 0.2) is 30.9 Å². The van der Waals surface area contributed by atoms with E-state index in [1.807, 2.05) is 19.1 Å². The lowest BCUT2D eigenvalue weighted by atomic mass is 9.87. The van der Waals surface area contributed by atoms with E-state index in [0.29, 0.717) is 24.5 Å². The molecule has 0 radical (unpaired) electrons. The Labute approximate surface area is 193 Å². The van der Waals surface area contributed by atoms with Crippen LogP contribution in [0.4, 0.5) is 11.5 Å². The summed E-state index contributed by atoms with van der Waals surface area (Å²) in [7, 11) is 0. The lowest BCUT2D eigenvalue weighted by molar-refractivity contribution is -0.136. The van der Waals surface area contributed by atoms with E-state index in [2.05, 4.69) is 20.4 Å². The molecule has 0 saturated heterocycles. The summed E-state index contributed by atoms with van der Waals surface area (Å²) in [4.78, 5) is 25.8. The van der Waals surface area contributed by atoms with Crippen molar-refractivity contribution in [2.24, 2.45) is 5.92 Å². The number of aryl methyl sites for hydroxylation is 1. The van der Waals surface area contributed by atoms with Gasteiger partial charge in [-0.1, -0.05) is 11.6 Å². The Morgan fingerprint density at radius 2 is 2.31 bits per heavy atom. The second kappa shape index (κ2) is 8.65. The number of rotatable bonds is 6. The maximum atomic E-state index is 12.9. The fourth-order valence-electron chi connectivity index (χ4n) is 4.38. The summed E-state index contributed by atoms with van der Waals surface area (Å²) < 4.78 is 1.73. The summed E-state index contributed by atoms with van der Waals surface area (Å²) in [6, 6.07) is 3.86. The molecule has 0 aromatic carbocycles. The van der Waals surface area contributed by atoms with Crippen molar-refractivity contribution in [3.8, 4) is 0 Å². The number of carbonyl (C=O) groups excluding carboxylic acids is 1. The Morgan fingerprint density at radius 1 is 1.44 bits per heavy atom. The molecule has 0 fully saturated rings. The zero-order valence-electron chi connectivity index (χ0n) is 17.6. The predicted octanol–water partition coefficient (Wildman–Crippen LogP) is 3.68. The van der Waals surface area contributed by atoms with Gasteiger partial charge in [0.2, 0.25) is 5.91 Å². The van der Waals surface area contributed by atoms with Crippen LogP contribution in [0.3, 0.4) is 0 Å². The molecule has 0 spiro atoms. The first kappa shape index (κ1) is 21.1. The average Bonchev–Trinajstić information content (AvgIpc) is 3.40. The number of anilines is 2. The number of carbonyl (C=O) groups is 1. The van der Waals surface area contributed by atoms with Gasteiger partial charge in [0, 0.05) is 36.3 Å². The molecule has 166 valence electrons. The van der Waals surface area contributed by atoms with Gasteiger partial charge in [0.1, 0.15) is 17.0 Å². The van der Waals surface area contributed by atoms with Crippen LogP contribution in [0.25, 0.3) is 15.7 Å². The molecule has 0 bridgehead atoms. The number of amides is 1. The number of fused-ring (bicyclic) bond motifs is 4. The molecule has 1 amide bonds. The highest BCUT2D eigenvalue weighted by atomic mass is 35.5. The number of thiophene rings is 1. The summed E-state index contributed by atoms with van der Waals surface area (Å²) in [6.07, 6.45) is 7.31. The third-order valence-corrected chi connectivity index (χ3v) is 7.46. The minimum atomic E-state index is -0.0647. The van der Waals surface area contributed by atoms with Crippen LogP contribution in [0.2, 0.25) is 5.02 Å². The van der Waals surface area contributed by atoms with Gasteiger partial charge in [-0.3, -0.25) is 4.79 Å². The highest BCUT2D eigenvalue weighted by molar-refractivity contribution is 7.19. The molecular formula is C22H23ClN6O2S. The van der Waals surface area contributed by atoms with Gasteiger partial charge in [-0.15, -0.1) is 11.3 Å². The van der Waals surface area contributed by atoms with Crippen LogP contribution in [0, 0.1) is 5.92 Å². The summed E-state index contributed by atoms with van der Waals surface area (Å²) >= 11 is 8.11. The first-order valence-electron chi connectivity index (χ1n) is 10.6. The minimum Gasteiger partial charge on any atom is -0.395 e. The van der Waals surface area contributed by atoms with Gasteiger partial charge < -0.3 is 15.3 Å². The molecule has 1 aliphatic rings. The third kappa shape index (κ3) is 3.70. The molecule has 5 rings (SSSR count). The number of aromatic nitrogens is 4. The normalized spacial score (nSPS) is 15.8. The van der Waals surface area contributed by atoms with Crippen molar-refractivity contribution in [1.29, 1.82) is 0 Å².